The van der Waals surface area contributed by atoms with Crippen LogP contribution in [0.3, 0.4) is 0 Å². The van der Waals surface area contributed by atoms with Crippen molar-refractivity contribution in [3.63, 3.8) is 0 Å². The predicted octanol–water partition coefficient (Wildman–Crippen LogP) is 2.24. The summed E-state index contributed by atoms with van der Waals surface area (Å²) in [6.07, 6.45) is 5.53. The molecular formula is C20H31N5O. The van der Waals surface area contributed by atoms with E-state index in [1.54, 1.807) is 0 Å². The Kier molecular flexibility index (Phi) is 6.47. The van der Waals surface area contributed by atoms with Crippen molar-refractivity contribution in [1.82, 2.24) is 20.5 Å². The van der Waals surface area contributed by atoms with Crippen LogP contribution in [0.4, 0.5) is 0 Å². The molecule has 2 N–H and O–H groups in total. The molecule has 6 nitrogen and oxygen atoms in total. The molecule has 1 aromatic rings. The van der Waals surface area contributed by atoms with E-state index in [9.17, 15) is 4.79 Å². The zero-order valence-electron chi connectivity index (χ0n) is 16.0. The van der Waals surface area contributed by atoms with E-state index in [1.807, 2.05) is 30.0 Å². The van der Waals surface area contributed by atoms with Gasteiger partial charge >= 0.3 is 0 Å². The number of aromatic nitrogens is 1. The Balaban J connectivity index is 1.54. The number of guanidine groups is 1. The minimum absolute atomic E-state index is 0.267. The van der Waals surface area contributed by atoms with Gasteiger partial charge in [-0.2, -0.15) is 0 Å². The molecule has 1 unspecified atom stereocenters. The highest BCUT2D eigenvalue weighted by molar-refractivity contribution is 5.81. The lowest BCUT2D eigenvalue weighted by molar-refractivity contribution is -0.134. The predicted molar refractivity (Wildman–Crippen MR) is 104 cm³/mol. The van der Waals surface area contributed by atoms with E-state index in [-0.39, 0.29) is 12.0 Å². The molecule has 1 aliphatic heterocycles. The summed E-state index contributed by atoms with van der Waals surface area (Å²) in [6.45, 7) is 7.05. The van der Waals surface area contributed by atoms with Crippen molar-refractivity contribution in [2.45, 2.75) is 58.5 Å². The molecule has 1 amide bonds. The summed E-state index contributed by atoms with van der Waals surface area (Å²) in [5.41, 5.74) is 1.97. The van der Waals surface area contributed by atoms with Crippen LogP contribution in [0.2, 0.25) is 0 Å². The molecule has 0 aromatic carbocycles. The maximum atomic E-state index is 12.6. The van der Waals surface area contributed by atoms with Crippen molar-refractivity contribution >= 4 is 11.9 Å². The fourth-order valence-corrected chi connectivity index (χ4v) is 3.87. The van der Waals surface area contributed by atoms with Crippen LogP contribution < -0.4 is 10.6 Å². The van der Waals surface area contributed by atoms with E-state index >= 15 is 0 Å². The lowest BCUT2D eigenvalue weighted by atomic mass is 10.1. The lowest BCUT2D eigenvalue weighted by Gasteiger charge is -2.21. The number of nitrogens with zero attached hydrogens (tertiary/aromatic N) is 3. The number of carbonyl (C=O) groups is 1. The number of pyridine rings is 1. The van der Waals surface area contributed by atoms with Crippen molar-refractivity contribution in [2.75, 3.05) is 19.6 Å². The van der Waals surface area contributed by atoms with Crippen LogP contribution in [0.1, 0.15) is 50.4 Å². The van der Waals surface area contributed by atoms with Crippen LogP contribution in [0.15, 0.2) is 23.2 Å². The number of amides is 1. The summed E-state index contributed by atoms with van der Waals surface area (Å²) in [5.74, 6) is 1.43. The van der Waals surface area contributed by atoms with Gasteiger partial charge in [0.15, 0.2) is 5.96 Å². The summed E-state index contributed by atoms with van der Waals surface area (Å²) in [7, 11) is 0. The van der Waals surface area contributed by atoms with E-state index in [2.05, 4.69) is 27.5 Å². The van der Waals surface area contributed by atoms with E-state index < -0.39 is 0 Å². The molecule has 2 aliphatic rings. The van der Waals surface area contributed by atoms with Crippen molar-refractivity contribution in [1.29, 1.82) is 0 Å². The Morgan fingerprint density at radius 2 is 2.12 bits per heavy atom. The van der Waals surface area contributed by atoms with Gasteiger partial charge < -0.3 is 15.5 Å². The molecular weight excluding hydrogens is 326 g/mol. The first kappa shape index (κ1) is 18.7. The fourth-order valence-electron chi connectivity index (χ4n) is 3.87. The molecule has 3 rings (SSSR count). The third-order valence-corrected chi connectivity index (χ3v) is 5.23. The number of rotatable bonds is 5. The molecule has 0 spiro atoms. The number of aryl methyl sites for hydroxylation is 1. The van der Waals surface area contributed by atoms with E-state index in [0.717, 1.165) is 56.2 Å². The monoisotopic (exact) mass is 357 g/mol. The second kappa shape index (κ2) is 9.01. The molecule has 1 atom stereocenters. The van der Waals surface area contributed by atoms with E-state index in [0.29, 0.717) is 12.5 Å². The van der Waals surface area contributed by atoms with Crippen LogP contribution >= 0.6 is 0 Å². The van der Waals surface area contributed by atoms with E-state index in [4.69, 9.17) is 0 Å². The third kappa shape index (κ3) is 4.96. The standard InChI is InChI=1S/C20H31N5O/c1-3-21-20(22-13-17-10-6-7-15(2)23-17)24-18-11-12-25(14-18)19(26)16-8-4-5-9-16/h6-7,10,16,18H,3-5,8-9,11-14H2,1-2H3,(H2,21,22,24). The molecule has 26 heavy (non-hydrogen) atoms. The van der Waals surface area contributed by atoms with E-state index in [1.165, 1.54) is 12.8 Å². The van der Waals surface area contributed by atoms with Gasteiger partial charge in [0, 0.05) is 37.3 Å². The first-order valence-electron chi connectivity index (χ1n) is 9.92. The first-order chi connectivity index (χ1) is 12.7. The molecule has 0 bridgehead atoms. The Morgan fingerprint density at radius 3 is 2.85 bits per heavy atom. The van der Waals surface area contributed by atoms with Gasteiger partial charge in [-0.1, -0.05) is 18.9 Å². The van der Waals surface area contributed by atoms with Gasteiger partial charge in [-0.05, 0) is 45.2 Å². The van der Waals surface area contributed by atoms with Crippen molar-refractivity contribution in [3.8, 4) is 0 Å². The van der Waals surface area contributed by atoms with Gasteiger partial charge in [-0.3, -0.25) is 9.78 Å². The Bertz CT molecular complexity index is 639. The van der Waals surface area contributed by atoms with Crippen LogP contribution in [0.5, 0.6) is 0 Å². The van der Waals surface area contributed by atoms with Crippen LogP contribution in [-0.4, -0.2) is 47.4 Å². The summed E-state index contributed by atoms with van der Waals surface area (Å²) in [4.78, 5) is 23.8. The molecule has 142 valence electrons. The number of carbonyl (C=O) groups excluding carboxylic acids is 1. The second-order valence-electron chi connectivity index (χ2n) is 7.36. The van der Waals surface area contributed by atoms with Crippen molar-refractivity contribution in [2.24, 2.45) is 10.9 Å². The number of likely N-dealkylation sites (tertiary alicyclic amines) is 1. The van der Waals surface area contributed by atoms with Gasteiger partial charge in [-0.25, -0.2) is 4.99 Å². The van der Waals surface area contributed by atoms with Crippen LogP contribution in [0.25, 0.3) is 0 Å². The largest absolute Gasteiger partial charge is 0.357 e. The zero-order valence-corrected chi connectivity index (χ0v) is 16.0. The fraction of sp³-hybridized carbons (Fsp3) is 0.650. The quantitative estimate of drug-likeness (QED) is 0.626. The average molecular weight is 358 g/mol. The molecule has 1 aromatic heterocycles. The smallest absolute Gasteiger partial charge is 0.225 e. The van der Waals surface area contributed by atoms with Crippen LogP contribution in [-0.2, 0) is 11.3 Å². The van der Waals surface area contributed by atoms with Crippen LogP contribution in [0, 0.1) is 12.8 Å². The molecule has 0 radical (unpaired) electrons. The Labute approximate surface area is 156 Å². The summed E-state index contributed by atoms with van der Waals surface area (Å²) in [6, 6.07) is 6.27. The van der Waals surface area contributed by atoms with Crippen molar-refractivity contribution < 1.29 is 4.79 Å². The SMILES string of the molecule is CCNC(=NCc1cccc(C)n1)NC1CCN(C(=O)C2CCCC2)C1. The summed E-state index contributed by atoms with van der Waals surface area (Å²) in [5, 5.41) is 6.80. The maximum Gasteiger partial charge on any atom is 0.225 e. The molecule has 1 aliphatic carbocycles. The lowest BCUT2D eigenvalue weighted by Crippen LogP contribution is -2.45. The number of hydrogen-bond donors (Lipinski definition) is 2. The van der Waals surface area contributed by atoms with Gasteiger partial charge in [0.2, 0.25) is 5.91 Å². The van der Waals surface area contributed by atoms with Crippen molar-refractivity contribution in [3.05, 3.63) is 29.6 Å². The molecule has 1 saturated heterocycles. The molecule has 1 saturated carbocycles. The summed E-state index contributed by atoms with van der Waals surface area (Å²) >= 11 is 0. The Hall–Kier alpha value is -2.11. The second-order valence-corrected chi connectivity index (χ2v) is 7.36. The molecule has 2 heterocycles. The Morgan fingerprint density at radius 1 is 1.31 bits per heavy atom. The van der Waals surface area contributed by atoms with Gasteiger partial charge in [-0.15, -0.1) is 0 Å². The highest BCUT2D eigenvalue weighted by Gasteiger charge is 2.32. The topological polar surface area (TPSA) is 69.6 Å². The zero-order chi connectivity index (χ0) is 18.4. The number of nitrogens with one attached hydrogen (secondary N) is 2. The van der Waals surface area contributed by atoms with Gasteiger partial charge in [0.1, 0.15) is 0 Å². The van der Waals surface area contributed by atoms with Gasteiger partial charge in [0.05, 0.1) is 12.2 Å². The number of hydrogen-bond acceptors (Lipinski definition) is 3. The highest BCUT2D eigenvalue weighted by atomic mass is 16.2. The molecule has 2 fully saturated rings. The average Bonchev–Trinajstić information content (AvgIpc) is 3.31. The minimum atomic E-state index is 0.267. The summed E-state index contributed by atoms with van der Waals surface area (Å²) < 4.78 is 0. The minimum Gasteiger partial charge on any atom is -0.357 e. The highest BCUT2D eigenvalue weighted by Crippen LogP contribution is 2.27. The number of aliphatic imine (C=N–C) groups is 1. The third-order valence-electron chi connectivity index (χ3n) is 5.23. The first-order valence-corrected chi connectivity index (χ1v) is 9.92. The molecule has 6 heteroatoms. The normalized spacial score (nSPS) is 21.2. The maximum absolute atomic E-state index is 12.6. The van der Waals surface area contributed by atoms with Gasteiger partial charge in [0.25, 0.3) is 0 Å².